The van der Waals surface area contributed by atoms with Gasteiger partial charge in [-0.1, -0.05) is 20.8 Å². The fraction of sp³-hybridized carbons (Fsp3) is 0.800. The Morgan fingerprint density at radius 2 is 1.76 bits per heavy atom. The quantitative estimate of drug-likeness (QED) is 0.699. The molecular formula is C15H22O2. The molecule has 1 saturated carbocycles. The molecule has 0 bridgehead atoms. The molecule has 2 atom stereocenters. The number of carbonyl (C=O) groups is 1. The molecule has 1 spiro atoms. The van der Waals surface area contributed by atoms with Crippen molar-refractivity contribution in [3.8, 4) is 0 Å². The van der Waals surface area contributed by atoms with Gasteiger partial charge in [0.15, 0.2) is 5.78 Å². The van der Waals surface area contributed by atoms with Gasteiger partial charge in [0, 0.05) is 11.3 Å². The van der Waals surface area contributed by atoms with E-state index in [1.54, 1.807) is 0 Å². The first-order chi connectivity index (χ1) is 7.71. The van der Waals surface area contributed by atoms with E-state index in [1.165, 1.54) is 0 Å². The molecule has 17 heavy (non-hydrogen) atoms. The Bertz CT molecular complexity index is 436. The minimum Gasteiger partial charge on any atom is -0.385 e. The maximum Gasteiger partial charge on any atom is 0.162 e. The molecule has 0 aromatic carbocycles. The summed E-state index contributed by atoms with van der Waals surface area (Å²) in [6, 6.07) is 0. The van der Waals surface area contributed by atoms with Gasteiger partial charge in [0.05, 0.1) is 5.60 Å². The van der Waals surface area contributed by atoms with Gasteiger partial charge in [0.2, 0.25) is 0 Å². The van der Waals surface area contributed by atoms with Crippen LogP contribution in [0.15, 0.2) is 11.1 Å². The van der Waals surface area contributed by atoms with E-state index in [1.807, 2.05) is 13.8 Å². The van der Waals surface area contributed by atoms with Gasteiger partial charge in [0.25, 0.3) is 0 Å². The summed E-state index contributed by atoms with van der Waals surface area (Å²) in [4.78, 5) is 12.5. The zero-order valence-corrected chi connectivity index (χ0v) is 11.3. The lowest BCUT2D eigenvalue weighted by Crippen LogP contribution is -2.48. The molecule has 0 aliphatic heterocycles. The molecular weight excluding hydrogens is 212 g/mol. The lowest BCUT2D eigenvalue weighted by molar-refractivity contribution is -0.127. The lowest BCUT2D eigenvalue weighted by atomic mass is 9.64. The number of Topliss-reactive ketones (excluding diaryl/α,β-unsaturated/α-hetero) is 1. The van der Waals surface area contributed by atoms with Crippen LogP contribution in [0.1, 0.15) is 53.4 Å². The lowest BCUT2D eigenvalue weighted by Gasteiger charge is -2.43. The van der Waals surface area contributed by atoms with Crippen molar-refractivity contribution < 1.29 is 9.90 Å². The molecule has 0 saturated heterocycles. The van der Waals surface area contributed by atoms with Crippen LogP contribution in [0, 0.1) is 16.7 Å². The van der Waals surface area contributed by atoms with Crippen molar-refractivity contribution in [3.63, 3.8) is 0 Å². The predicted octanol–water partition coefficient (Wildman–Crippen LogP) is 2.85. The number of hydrogen-bond acceptors (Lipinski definition) is 2. The Morgan fingerprint density at radius 1 is 1.18 bits per heavy atom. The van der Waals surface area contributed by atoms with Gasteiger partial charge in [-0.25, -0.2) is 0 Å². The average Bonchev–Trinajstić information content (AvgIpc) is 2.95. The Kier molecular flexibility index (Phi) is 1.92. The topological polar surface area (TPSA) is 37.3 Å². The fourth-order valence-corrected chi connectivity index (χ4v) is 4.22. The van der Waals surface area contributed by atoms with E-state index in [2.05, 4.69) is 13.8 Å². The van der Waals surface area contributed by atoms with Crippen LogP contribution >= 0.6 is 0 Å². The molecule has 94 valence electrons. The highest BCUT2D eigenvalue weighted by Crippen LogP contribution is 2.67. The van der Waals surface area contributed by atoms with E-state index < -0.39 is 5.60 Å². The zero-order chi connectivity index (χ0) is 12.6. The molecule has 0 unspecified atom stereocenters. The standard InChI is InChI=1S/C15H22O2/c1-9-12(16)10-7-13(2,3)8-11(10)14(4,17)15(9)5-6-15/h9,17H,5-8H2,1-4H3/t9-,14+/m1/s1. The van der Waals surface area contributed by atoms with Crippen LogP contribution in [0.4, 0.5) is 0 Å². The second-order valence-electron chi connectivity index (χ2n) is 7.29. The number of aliphatic hydroxyl groups is 1. The third kappa shape index (κ3) is 1.22. The first-order valence-corrected chi connectivity index (χ1v) is 6.70. The summed E-state index contributed by atoms with van der Waals surface area (Å²) in [6.07, 6.45) is 3.74. The summed E-state index contributed by atoms with van der Waals surface area (Å²) >= 11 is 0. The molecule has 2 heteroatoms. The van der Waals surface area contributed by atoms with Gasteiger partial charge in [-0.3, -0.25) is 4.79 Å². The van der Waals surface area contributed by atoms with E-state index in [-0.39, 0.29) is 16.7 Å². The van der Waals surface area contributed by atoms with Crippen molar-refractivity contribution in [3.05, 3.63) is 11.1 Å². The van der Waals surface area contributed by atoms with E-state index in [9.17, 15) is 9.90 Å². The molecule has 0 heterocycles. The molecule has 0 amide bonds. The first kappa shape index (κ1) is 11.5. The molecule has 3 aliphatic carbocycles. The Morgan fingerprint density at radius 3 is 2.29 bits per heavy atom. The van der Waals surface area contributed by atoms with Crippen molar-refractivity contribution in [1.82, 2.24) is 0 Å². The van der Waals surface area contributed by atoms with Crippen molar-refractivity contribution in [2.24, 2.45) is 16.7 Å². The highest BCUT2D eigenvalue weighted by Gasteiger charge is 2.66. The summed E-state index contributed by atoms with van der Waals surface area (Å²) < 4.78 is 0. The van der Waals surface area contributed by atoms with E-state index >= 15 is 0 Å². The average molecular weight is 234 g/mol. The van der Waals surface area contributed by atoms with Gasteiger partial charge in [-0.05, 0) is 49.2 Å². The Labute approximate surface area is 103 Å². The number of carbonyl (C=O) groups excluding carboxylic acids is 1. The second kappa shape index (κ2) is 2.85. The van der Waals surface area contributed by atoms with Crippen LogP contribution in [-0.2, 0) is 4.79 Å². The maximum atomic E-state index is 12.5. The van der Waals surface area contributed by atoms with E-state index in [4.69, 9.17) is 0 Å². The summed E-state index contributed by atoms with van der Waals surface area (Å²) in [6.45, 7) is 8.34. The van der Waals surface area contributed by atoms with E-state index in [0.29, 0.717) is 5.78 Å². The minimum atomic E-state index is -0.747. The Balaban J connectivity index is 2.13. The van der Waals surface area contributed by atoms with Crippen LogP contribution in [0.5, 0.6) is 0 Å². The normalized spacial score (nSPS) is 41.9. The number of ketones is 1. The molecule has 0 aromatic heterocycles. The predicted molar refractivity (Wildman–Crippen MR) is 66.5 cm³/mol. The largest absolute Gasteiger partial charge is 0.385 e. The highest BCUT2D eigenvalue weighted by molar-refractivity contribution is 6.01. The van der Waals surface area contributed by atoms with E-state index in [0.717, 1.165) is 36.8 Å². The third-order valence-corrected chi connectivity index (χ3v) is 5.54. The van der Waals surface area contributed by atoms with Gasteiger partial charge in [-0.15, -0.1) is 0 Å². The van der Waals surface area contributed by atoms with Crippen LogP contribution in [-0.4, -0.2) is 16.5 Å². The van der Waals surface area contributed by atoms with Crippen molar-refractivity contribution in [1.29, 1.82) is 0 Å². The minimum absolute atomic E-state index is 0.00477. The van der Waals surface area contributed by atoms with Crippen LogP contribution in [0.2, 0.25) is 0 Å². The smallest absolute Gasteiger partial charge is 0.162 e. The van der Waals surface area contributed by atoms with Crippen molar-refractivity contribution in [2.75, 3.05) is 0 Å². The van der Waals surface area contributed by atoms with Crippen LogP contribution < -0.4 is 0 Å². The monoisotopic (exact) mass is 234 g/mol. The van der Waals surface area contributed by atoms with Crippen LogP contribution in [0.3, 0.4) is 0 Å². The number of allylic oxidation sites excluding steroid dienone is 1. The SMILES string of the molecule is C[C@@H]1C(=O)C2=C(CC(C)(C)C2)[C@](C)(O)C12CC2. The maximum absolute atomic E-state index is 12.5. The first-order valence-electron chi connectivity index (χ1n) is 6.70. The van der Waals surface area contributed by atoms with Gasteiger partial charge in [-0.2, -0.15) is 0 Å². The second-order valence-corrected chi connectivity index (χ2v) is 7.29. The van der Waals surface area contributed by atoms with Gasteiger partial charge in [0.1, 0.15) is 0 Å². The van der Waals surface area contributed by atoms with Crippen molar-refractivity contribution in [2.45, 2.75) is 59.0 Å². The zero-order valence-electron chi connectivity index (χ0n) is 11.3. The Hall–Kier alpha value is -0.630. The molecule has 0 aromatic rings. The molecule has 3 aliphatic rings. The highest BCUT2D eigenvalue weighted by atomic mass is 16.3. The van der Waals surface area contributed by atoms with Gasteiger partial charge < -0.3 is 5.11 Å². The molecule has 1 N–H and O–H groups in total. The summed E-state index contributed by atoms with van der Waals surface area (Å²) in [7, 11) is 0. The number of rotatable bonds is 0. The number of hydrogen-bond donors (Lipinski definition) is 1. The van der Waals surface area contributed by atoms with Crippen LogP contribution in [0.25, 0.3) is 0 Å². The van der Waals surface area contributed by atoms with Gasteiger partial charge >= 0.3 is 0 Å². The summed E-state index contributed by atoms with van der Waals surface area (Å²) in [5.74, 6) is 0.319. The molecule has 0 radical (unpaired) electrons. The third-order valence-electron chi connectivity index (χ3n) is 5.54. The molecule has 1 fully saturated rings. The fourth-order valence-electron chi connectivity index (χ4n) is 4.22. The molecule has 3 rings (SSSR count). The summed E-state index contributed by atoms with van der Waals surface area (Å²) in [5.41, 5.74) is 1.27. The van der Waals surface area contributed by atoms with Crippen molar-refractivity contribution >= 4 is 5.78 Å². The summed E-state index contributed by atoms with van der Waals surface area (Å²) in [5, 5.41) is 10.9. The molecule has 2 nitrogen and oxygen atoms in total.